The van der Waals surface area contributed by atoms with Gasteiger partial charge in [0.1, 0.15) is 0 Å². The van der Waals surface area contributed by atoms with E-state index in [1.165, 1.54) is 6.92 Å². The Morgan fingerprint density at radius 1 is 1.67 bits per heavy atom. The van der Waals surface area contributed by atoms with Gasteiger partial charge in [-0.05, 0) is 12.3 Å². The molecule has 1 rings (SSSR count). The zero-order valence-corrected chi connectivity index (χ0v) is 6.89. The molecule has 1 aliphatic carbocycles. The average Bonchev–Trinajstić information content (AvgIpc) is 2.28. The van der Waals surface area contributed by atoms with Crippen molar-refractivity contribution in [1.82, 2.24) is 0 Å². The third-order valence-corrected chi connectivity index (χ3v) is 2.54. The largest absolute Gasteiger partial charge is 0.481 e. The van der Waals surface area contributed by atoms with Gasteiger partial charge in [0, 0.05) is 12.8 Å². The second-order valence-electron chi connectivity index (χ2n) is 3.49. The molecule has 2 atom stereocenters. The Bertz CT molecular complexity index is 191. The van der Waals surface area contributed by atoms with Gasteiger partial charge in [-0.1, -0.05) is 6.92 Å². The predicted octanol–water partition coefficient (Wildman–Crippen LogP) is 2.14. The normalized spacial score (nSPS) is 30.1. The maximum absolute atomic E-state index is 12.6. The summed E-state index contributed by atoms with van der Waals surface area (Å²) in [5.74, 6) is -4.59. The van der Waals surface area contributed by atoms with Crippen molar-refractivity contribution in [3.05, 3.63) is 0 Å². The number of aliphatic carboxylic acids is 1. The van der Waals surface area contributed by atoms with Crippen LogP contribution in [-0.2, 0) is 4.79 Å². The molecule has 0 aromatic rings. The van der Waals surface area contributed by atoms with E-state index in [-0.39, 0.29) is 18.8 Å². The van der Waals surface area contributed by atoms with Gasteiger partial charge in [0.05, 0.1) is 5.92 Å². The Hall–Kier alpha value is -0.670. The van der Waals surface area contributed by atoms with Gasteiger partial charge in [0.25, 0.3) is 0 Å². The first kappa shape index (κ1) is 9.42. The summed E-state index contributed by atoms with van der Waals surface area (Å²) < 4.78 is 25.3. The molecular formula is C8H12F2O2. The van der Waals surface area contributed by atoms with E-state index >= 15 is 0 Å². The SMILES string of the molecule is C[C@H](C(=O)O)C1CCC(F)(F)C1. The van der Waals surface area contributed by atoms with E-state index in [1.807, 2.05) is 0 Å². The molecule has 1 unspecified atom stereocenters. The van der Waals surface area contributed by atoms with Crippen LogP contribution in [0.5, 0.6) is 0 Å². The van der Waals surface area contributed by atoms with Gasteiger partial charge in [-0.3, -0.25) is 4.79 Å². The Kier molecular flexibility index (Phi) is 2.35. The van der Waals surface area contributed by atoms with Crippen LogP contribution < -0.4 is 0 Å². The van der Waals surface area contributed by atoms with E-state index in [0.717, 1.165) is 0 Å². The van der Waals surface area contributed by atoms with Gasteiger partial charge in [-0.15, -0.1) is 0 Å². The van der Waals surface area contributed by atoms with E-state index in [4.69, 9.17) is 5.11 Å². The maximum atomic E-state index is 12.6. The van der Waals surface area contributed by atoms with Crippen molar-refractivity contribution in [3.8, 4) is 0 Å². The lowest BCUT2D eigenvalue weighted by Gasteiger charge is -2.14. The van der Waals surface area contributed by atoms with Crippen LogP contribution in [-0.4, -0.2) is 17.0 Å². The Balaban J connectivity index is 2.52. The molecule has 1 aliphatic rings. The van der Waals surface area contributed by atoms with Crippen LogP contribution in [0.25, 0.3) is 0 Å². The summed E-state index contributed by atoms with van der Waals surface area (Å²) >= 11 is 0. The van der Waals surface area contributed by atoms with Crippen molar-refractivity contribution in [2.24, 2.45) is 11.8 Å². The van der Waals surface area contributed by atoms with Crippen molar-refractivity contribution in [1.29, 1.82) is 0 Å². The molecule has 12 heavy (non-hydrogen) atoms. The Morgan fingerprint density at radius 2 is 2.25 bits per heavy atom. The quantitative estimate of drug-likeness (QED) is 0.703. The van der Waals surface area contributed by atoms with E-state index in [1.54, 1.807) is 0 Å². The van der Waals surface area contributed by atoms with Gasteiger partial charge in [-0.2, -0.15) is 0 Å². The first-order valence-corrected chi connectivity index (χ1v) is 4.03. The van der Waals surface area contributed by atoms with Crippen molar-refractivity contribution in [3.63, 3.8) is 0 Å². The highest BCUT2D eigenvalue weighted by molar-refractivity contribution is 5.69. The van der Waals surface area contributed by atoms with Crippen molar-refractivity contribution in [2.45, 2.75) is 32.1 Å². The van der Waals surface area contributed by atoms with Crippen LogP contribution in [0.1, 0.15) is 26.2 Å². The van der Waals surface area contributed by atoms with Crippen LogP contribution in [0.2, 0.25) is 0 Å². The number of alkyl halides is 2. The molecule has 2 nitrogen and oxygen atoms in total. The molecule has 1 saturated carbocycles. The van der Waals surface area contributed by atoms with Crippen molar-refractivity contribution < 1.29 is 18.7 Å². The lowest BCUT2D eigenvalue weighted by Crippen LogP contribution is -2.20. The minimum atomic E-state index is -2.63. The summed E-state index contributed by atoms with van der Waals surface area (Å²) in [6.07, 6.45) is -0.0871. The van der Waals surface area contributed by atoms with E-state index in [2.05, 4.69) is 0 Å². The number of carboxylic acids is 1. The molecule has 0 aromatic heterocycles. The highest BCUT2D eigenvalue weighted by Crippen LogP contribution is 2.42. The fourth-order valence-electron chi connectivity index (χ4n) is 1.61. The number of hydrogen-bond acceptors (Lipinski definition) is 1. The second-order valence-corrected chi connectivity index (χ2v) is 3.49. The van der Waals surface area contributed by atoms with E-state index in [0.29, 0.717) is 6.42 Å². The van der Waals surface area contributed by atoms with Gasteiger partial charge in [0.15, 0.2) is 0 Å². The number of hydrogen-bond donors (Lipinski definition) is 1. The van der Waals surface area contributed by atoms with Gasteiger partial charge < -0.3 is 5.11 Å². The number of halogens is 2. The van der Waals surface area contributed by atoms with Crippen LogP contribution in [0, 0.1) is 11.8 Å². The monoisotopic (exact) mass is 178 g/mol. The van der Waals surface area contributed by atoms with Crippen molar-refractivity contribution in [2.75, 3.05) is 0 Å². The molecule has 0 aliphatic heterocycles. The summed E-state index contributed by atoms with van der Waals surface area (Å²) in [6.45, 7) is 1.49. The highest BCUT2D eigenvalue weighted by Gasteiger charge is 2.42. The third-order valence-electron chi connectivity index (χ3n) is 2.54. The van der Waals surface area contributed by atoms with Crippen LogP contribution in [0.3, 0.4) is 0 Å². The number of carboxylic acid groups (broad SMARTS) is 1. The molecule has 0 bridgehead atoms. The molecule has 0 spiro atoms. The minimum Gasteiger partial charge on any atom is -0.481 e. The average molecular weight is 178 g/mol. The first-order chi connectivity index (χ1) is 5.42. The summed E-state index contributed by atoms with van der Waals surface area (Å²) in [4.78, 5) is 10.5. The maximum Gasteiger partial charge on any atom is 0.306 e. The fourth-order valence-corrected chi connectivity index (χ4v) is 1.61. The zero-order chi connectivity index (χ0) is 9.35. The summed E-state index contributed by atoms with van der Waals surface area (Å²) in [5.41, 5.74) is 0. The van der Waals surface area contributed by atoms with Crippen LogP contribution >= 0.6 is 0 Å². The zero-order valence-electron chi connectivity index (χ0n) is 6.89. The predicted molar refractivity (Wildman–Crippen MR) is 39.1 cm³/mol. The van der Waals surface area contributed by atoms with Crippen LogP contribution in [0.4, 0.5) is 8.78 Å². The molecular weight excluding hydrogens is 166 g/mol. The van der Waals surface area contributed by atoms with Gasteiger partial charge in [-0.25, -0.2) is 8.78 Å². The molecule has 0 saturated heterocycles. The lowest BCUT2D eigenvalue weighted by molar-refractivity contribution is -0.143. The number of carbonyl (C=O) groups is 1. The molecule has 70 valence electrons. The Morgan fingerprint density at radius 3 is 2.58 bits per heavy atom. The van der Waals surface area contributed by atoms with Gasteiger partial charge >= 0.3 is 5.97 Å². The van der Waals surface area contributed by atoms with E-state index < -0.39 is 17.8 Å². The topological polar surface area (TPSA) is 37.3 Å². The molecule has 1 N–H and O–H groups in total. The van der Waals surface area contributed by atoms with Gasteiger partial charge in [0.2, 0.25) is 5.92 Å². The first-order valence-electron chi connectivity index (χ1n) is 4.03. The van der Waals surface area contributed by atoms with Crippen molar-refractivity contribution >= 4 is 5.97 Å². The van der Waals surface area contributed by atoms with Crippen LogP contribution in [0.15, 0.2) is 0 Å². The molecule has 0 heterocycles. The standard InChI is InChI=1S/C8H12F2O2/c1-5(7(11)12)6-2-3-8(9,10)4-6/h5-6H,2-4H2,1H3,(H,11,12)/t5-,6?/m0/s1. The second kappa shape index (κ2) is 2.99. The minimum absolute atomic E-state index is 0.157. The summed E-state index contributed by atoms with van der Waals surface area (Å²) in [7, 11) is 0. The molecule has 1 fully saturated rings. The Labute approximate surface area is 69.6 Å². The molecule has 0 amide bonds. The molecule has 0 aromatic carbocycles. The summed E-state index contributed by atoms with van der Waals surface area (Å²) in [6, 6.07) is 0. The third kappa shape index (κ3) is 1.93. The molecule has 0 radical (unpaired) electrons. The van der Waals surface area contributed by atoms with E-state index in [9.17, 15) is 13.6 Å². The highest BCUT2D eigenvalue weighted by atomic mass is 19.3. The number of rotatable bonds is 2. The molecule has 4 heteroatoms. The fraction of sp³-hybridized carbons (Fsp3) is 0.875. The smallest absolute Gasteiger partial charge is 0.306 e. The summed E-state index contributed by atoms with van der Waals surface area (Å²) in [5, 5.41) is 8.57. The lowest BCUT2D eigenvalue weighted by atomic mass is 9.93.